The number of nitrogens with zero attached hydrogens (tertiary/aromatic N) is 2. The molecule has 0 aliphatic rings. The van der Waals surface area contributed by atoms with E-state index in [4.69, 9.17) is 0 Å². The van der Waals surface area contributed by atoms with E-state index in [-0.39, 0.29) is 5.91 Å². The average Bonchev–Trinajstić information content (AvgIpc) is 3.04. The zero-order valence-electron chi connectivity index (χ0n) is 17.4. The van der Waals surface area contributed by atoms with Crippen molar-refractivity contribution in [2.45, 2.75) is 32.7 Å². The average molecular weight is 635 g/mol. The molecule has 0 unspecified atom stereocenters. The Labute approximate surface area is 209 Å². The molecule has 1 heterocycles. The number of halogens is 2. The Kier molecular flexibility index (Phi) is 6.95. The molecule has 0 aliphatic carbocycles. The van der Waals surface area contributed by atoms with Crippen LogP contribution in [0.5, 0.6) is 0 Å². The lowest BCUT2D eigenvalue weighted by molar-refractivity contribution is -0.121. The van der Waals surface area contributed by atoms with E-state index in [1.165, 1.54) is 23.5 Å². The van der Waals surface area contributed by atoms with Gasteiger partial charge in [0.1, 0.15) is 0 Å². The zero-order valence-corrected chi connectivity index (χ0v) is 21.7. The molecule has 0 spiro atoms. The van der Waals surface area contributed by atoms with Gasteiger partial charge in [-0.25, -0.2) is 5.43 Å². The van der Waals surface area contributed by atoms with Crippen molar-refractivity contribution < 1.29 is 4.79 Å². The Morgan fingerprint density at radius 1 is 0.968 bits per heavy atom. The van der Waals surface area contributed by atoms with Crippen molar-refractivity contribution in [1.29, 1.82) is 0 Å². The Morgan fingerprint density at radius 3 is 2.10 bits per heavy atom. The Balaban J connectivity index is 1.46. The number of hydrazone groups is 1. The molecular weight excluding hydrogens is 612 g/mol. The molecule has 1 N–H and O–H groups in total. The van der Waals surface area contributed by atoms with E-state index in [1.807, 2.05) is 12.1 Å². The van der Waals surface area contributed by atoms with Gasteiger partial charge in [0.15, 0.2) is 0 Å². The predicted octanol–water partition coefficient (Wildman–Crippen LogP) is 6.67. The zero-order chi connectivity index (χ0) is 22.0. The van der Waals surface area contributed by atoms with Gasteiger partial charge < -0.3 is 4.57 Å². The van der Waals surface area contributed by atoms with Crippen molar-refractivity contribution in [3.05, 3.63) is 78.9 Å². The second-order valence-corrected chi connectivity index (χ2v) is 10.3. The number of aromatic nitrogens is 1. The summed E-state index contributed by atoms with van der Waals surface area (Å²) in [6, 6.07) is 21.1. The lowest BCUT2D eigenvalue weighted by atomic mass is 10.0. The summed E-state index contributed by atoms with van der Waals surface area (Å²) in [6.45, 7) is 4.94. The number of amides is 1. The largest absolute Gasteiger partial charge is 0.340 e. The molecule has 1 amide bonds. The number of benzene rings is 3. The van der Waals surface area contributed by atoms with Gasteiger partial charge in [-0.1, -0.05) is 38.1 Å². The molecule has 6 heteroatoms. The summed E-state index contributed by atoms with van der Waals surface area (Å²) in [5, 5.41) is 6.58. The first kappa shape index (κ1) is 22.3. The van der Waals surface area contributed by atoms with Gasteiger partial charge in [0.25, 0.3) is 0 Å². The van der Waals surface area contributed by atoms with Crippen LogP contribution >= 0.6 is 45.2 Å². The monoisotopic (exact) mass is 635 g/mol. The van der Waals surface area contributed by atoms with Crippen molar-refractivity contribution in [1.82, 2.24) is 9.99 Å². The topological polar surface area (TPSA) is 46.4 Å². The lowest BCUT2D eigenvalue weighted by Gasteiger charge is -2.07. The minimum atomic E-state index is -0.0962. The second-order valence-electron chi connectivity index (χ2n) is 7.84. The quantitative estimate of drug-likeness (QED) is 0.144. The maximum atomic E-state index is 12.4. The molecule has 0 saturated carbocycles. The van der Waals surface area contributed by atoms with Crippen LogP contribution in [0.4, 0.5) is 0 Å². The molecule has 4 aromatic rings. The molecule has 0 atom stereocenters. The minimum Gasteiger partial charge on any atom is -0.340 e. The molecule has 3 aromatic carbocycles. The fourth-order valence-electron chi connectivity index (χ4n) is 3.70. The number of nitrogens with one attached hydrogen (secondary N) is 1. The fourth-order valence-corrected chi connectivity index (χ4v) is 4.69. The third-order valence-corrected chi connectivity index (χ3v) is 6.70. The van der Waals surface area contributed by atoms with Gasteiger partial charge in [-0.2, -0.15) is 5.10 Å². The van der Waals surface area contributed by atoms with E-state index in [1.54, 1.807) is 6.21 Å². The summed E-state index contributed by atoms with van der Waals surface area (Å²) in [5.74, 6) is 0.402. The van der Waals surface area contributed by atoms with Crippen LogP contribution < -0.4 is 5.43 Å². The van der Waals surface area contributed by atoms with Gasteiger partial charge in [0, 0.05) is 41.9 Å². The summed E-state index contributed by atoms with van der Waals surface area (Å²) in [5.41, 5.74) is 7.22. The Bertz CT molecular complexity index is 1210. The fraction of sp³-hybridized carbons (Fsp3) is 0.200. The van der Waals surface area contributed by atoms with Crippen LogP contribution in [0.3, 0.4) is 0 Å². The van der Waals surface area contributed by atoms with E-state index in [0.717, 1.165) is 16.6 Å². The molecule has 1 aromatic heterocycles. The van der Waals surface area contributed by atoms with Crippen LogP contribution in [0.1, 0.15) is 37.3 Å². The highest BCUT2D eigenvalue weighted by atomic mass is 127. The number of hydrogen-bond donors (Lipinski definition) is 1. The van der Waals surface area contributed by atoms with Crippen molar-refractivity contribution in [2.75, 3.05) is 0 Å². The minimum absolute atomic E-state index is 0.0962. The van der Waals surface area contributed by atoms with Crippen LogP contribution in [0.2, 0.25) is 0 Å². The second kappa shape index (κ2) is 9.68. The molecule has 31 heavy (non-hydrogen) atoms. The lowest BCUT2D eigenvalue weighted by Crippen LogP contribution is -2.19. The summed E-state index contributed by atoms with van der Waals surface area (Å²) < 4.78 is 4.64. The molecule has 4 nitrogen and oxygen atoms in total. The Hall–Kier alpha value is -1.94. The summed E-state index contributed by atoms with van der Waals surface area (Å²) in [6.07, 6.45) is 2.05. The van der Waals surface area contributed by atoms with Gasteiger partial charge in [-0.15, -0.1) is 0 Å². The van der Waals surface area contributed by atoms with E-state index in [0.29, 0.717) is 18.9 Å². The number of fused-ring (bicyclic) bond motifs is 3. The summed E-state index contributed by atoms with van der Waals surface area (Å²) >= 11 is 4.69. The van der Waals surface area contributed by atoms with Crippen LogP contribution in [0.25, 0.3) is 21.8 Å². The number of hydrogen-bond acceptors (Lipinski definition) is 2. The van der Waals surface area contributed by atoms with Gasteiger partial charge in [0.05, 0.1) is 6.21 Å². The molecule has 0 saturated heterocycles. The highest BCUT2D eigenvalue weighted by Gasteiger charge is 2.12. The van der Waals surface area contributed by atoms with Crippen LogP contribution in [-0.4, -0.2) is 16.7 Å². The third-order valence-electron chi connectivity index (χ3n) is 5.36. The van der Waals surface area contributed by atoms with Gasteiger partial charge in [-0.05, 0) is 98.6 Å². The highest BCUT2D eigenvalue weighted by Crippen LogP contribution is 2.31. The summed E-state index contributed by atoms with van der Waals surface area (Å²) in [4.78, 5) is 12.4. The number of rotatable bonds is 6. The van der Waals surface area contributed by atoms with Crippen molar-refractivity contribution >= 4 is 79.1 Å². The van der Waals surface area contributed by atoms with Crippen molar-refractivity contribution in [2.24, 2.45) is 5.10 Å². The predicted molar refractivity (Wildman–Crippen MR) is 146 cm³/mol. The van der Waals surface area contributed by atoms with E-state index < -0.39 is 0 Å². The summed E-state index contributed by atoms with van der Waals surface area (Å²) in [7, 11) is 0. The van der Waals surface area contributed by atoms with Crippen LogP contribution in [-0.2, 0) is 11.3 Å². The smallest absolute Gasteiger partial charge is 0.241 e. The highest BCUT2D eigenvalue weighted by molar-refractivity contribution is 14.1. The Morgan fingerprint density at radius 2 is 1.55 bits per heavy atom. The van der Waals surface area contributed by atoms with E-state index in [2.05, 4.69) is 123 Å². The molecular formula is C25H23I2N3O. The SMILES string of the molecule is CC(C)c1ccc(C=NNC(=O)CCn2c3ccc(I)cc3c3cc(I)ccc32)cc1. The first-order chi connectivity index (χ1) is 14.9. The maximum absolute atomic E-state index is 12.4. The van der Waals surface area contributed by atoms with Crippen LogP contribution in [0, 0.1) is 7.14 Å². The van der Waals surface area contributed by atoms with E-state index >= 15 is 0 Å². The first-order valence-electron chi connectivity index (χ1n) is 10.2. The van der Waals surface area contributed by atoms with Gasteiger partial charge in [-0.3, -0.25) is 4.79 Å². The number of carbonyl (C=O) groups is 1. The van der Waals surface area contributed by atoms with Gasteiger partial charge in [0.2, 0.25) is 5.91 Å². The number of aryl methyl sites for hydroxylation is 1. The van der Waals surface area contributed by atoms with Crippen LogP contribution in [0.15, 0.2) is 65.8 Å². The van der Waals surface area contributed by atoms with Crippen molar-refractivity contribution in [3.8, 4) is 0 Å². The maximum Gasteiger partial charge on any atom is 0.241 e. The molecule has 0 bridgehead atoms. The molecule has 0 radical (unpaired) electrons. The van der Waals surface area contributed by atoms with E-state index in [9.17, 15) is 4.79 Å². The first-order valence-corrected chi connectivity index (χ1v) is 12.4. The third kappa shape index (κ3) is 5.11. The van der Waals surface area contributed by atoms with Crippen molar-refractivity contribution in [3.63, 3.8) is 0 Å². The number of carbonyl (C=O) groups excluding carboxylic acids is 1. The normalized spacial score (nSPS) is 11.8. The molecule has 0 fully saturated rings. The molecule has 158 valence electrons. The molecule has 4 rings (SSSR count). The molecule has 0 aliphatic heterocycles. The van der Waals surface area contributed by atoms with Gasteiger partial charge >= 0.3 is 0 Å². The standard InChI is InChI=1S/C25H23I2N3O/c1-16(2)18-5-3-17(4-6-18)15-28-29-25(31)11-12-30-23-9-7-19(26)13-21(23)22-14-20(27)8-10-24(22)30/h3-10,13-16H,11-12H2,1-2H3,(H,29,31).